The molecule has 1 fully saturated rings. The molecule has 1 aromatic heterocycles. The van der Waals surface area contributed by atoms with Crippen LogP contribution in [0.1, 0.15) is 36.2 Å². The summed E-state index contributed by atoms with van der Waals surface area (Å²) < 4.78 is 22.9. The van der Waals surface area contributed by atoms with Gasteiger partial charge in [-0.2, -0.15) is 0 Å². The lowest BCUT2D eigenvalue weighted by Gasteiger charge is -2.32. The van der Waals surface area contributed by atoms with Crippen molar-refractivity contribution in [3.63, 3.8) is 0 Å². The molecule has 4 rings (SSSR count). The molecule has 0 radical (unpaired) electrons. The van der Waals surface area contributed by atoms with Crippen LogP contribution in [-0.4, -0.2) is 69.9 Å². The minimum atomic E-state index is -2.46. The molecule has 9 heteroatoms. The van der Waals surface area contributed by atoms with Crippen LogP contribution in [0.5, 0.6) is 5.75 Å². The highest BCUT2D eigenvalue weighted by atomic mass is 19.3. The summed E-state index contributed by atoms with van der Waals surface area (Å²) in [5.41, 5.74) is 4.06. The van der Waals surface area contributed by atoms with Crippen LogP contribution < -0.4 is 5.32 Å². The molecule has 0 aliphatic carbocycles. The number of hydrogen-bond acceptors (Lipinski definition) is 6. The Morgan fingerprint density at radius 1 is 1.08 bits per heavy atom. The number of carbonyl (C=O) groups is 1. The van der Waals surface area contributed by atoms with Crippen LogP contribution in [0.4, 0.5) is 20.3 Å². The van der Waals surface area contributed by atoms with Crippen LogP contribution in [0.15, 0.2) is 54.9 Å². The molecular weight excluding hydrogens is 464 g/mol. The van der Waals surface area contributed by atoms with Crippen molar-refractivity contribution in [1.82, 2.24) is 19.8 Å². The zero-order valence-corrected chi connectivity index (χ0v) is 21.1. The summed E-state index contributed by atoms with van der Waals surface area (Å²) in [6, 6.07) is 12.5. The zero-order valence-electron chi connectivity index (χ0n) is 21.1. The summed E-state index contributed by atoms with van der Waals surface area (Å²) in [5, 5.41) is 12.8. The summed E-state index contributed by atoms with van der Waals surface area (Å²) in [6.07, 6.45) is 3.27. The predicted octanol–water partition coefficient (Wildman–Crippen LogP) is 5.34. The Morgan fingerprint density at radius 2 is 1.72 bits per heavy atom. The van der Waals surface area contributed by atoms with Crippen molar-refractivity contribution >= 4 is 17.4 Å². The number of alkyl halides is 2. The molecule has 1 aliphatic rings. The smallest absolute Gasteiger partial charge is 0.254 e. The van der Waals surface area contributed by atoms with Crippen molar-refractivity contribution in [2.24, 2.45) is 0 Å². The Balaban J connectivity index is 0.000000538. The number of rotatable bonds is 5. The van der Waals surface area contributed by atoms with E-state index in [9.17, 15) is 18.7 Å². The molecule has 1 aliphatic heterocycles. The second-order valence-electron chi connectivity index (χ2n) is 9.01. The number of phenolic OH excluding ortho intramolecular Hbond substituents is 1. The number of piperazine rings is 1. The second kappa shape index (κ2) is 11.9. The average molecular weight is 498 g/mol. The highest BCUT2D eigenvalue weighted by Gasteiger charge is 2.21. The highest BCUT2D eigenvalue weighted by Crippen LogP contribution is 2.25. The Kier molecular flexibility index (Phi) is 8.93. The zero-order chi connectivity index (χ0) is 26.3. The molecule has 0 spiro atoms. The Hall–Kier alpha value is -3.59. The van der Waals surface area contributed by atoms with Gasteiger partial charge in [0, 0.05) is 49.4 Å². The van der Waals surface area contributed by atoms with Crippen molar-refractivity contribution < 1.29 is 18.7 Å². The van der Waals surface area contributed by atoms with E-state index in [0.717, 1.165) is 49.9 Å². The van der Waals surface area contributed by atoms with Crippen molar-refractivity contribution in [1.29, 1.82) is 0 Å². The summed E-state index contributed by atoms with van der Waals surface area (Å²) in [4.78, 5) is 26.0. The molecule has 2 N–H and O–H groups in total. The first kappa shape index (κ1) is 27.0. The molecule has 1 amide bonds. The van der Waals surface area contributed by atoms with E-state index in [0.29, 0.717) is 17.1 Å². The van der Waals surface area contributed by atoms with Gasteiger partial charge in [-0.25, -0.2) is 13.8 Å². The van der Waals surface area contributed by atoms with Gasteiger partial charge in [-0.05, 0) is 62.9 Å². The van der Waals surface area contributed by atoms with E-state index in [1.54, 1.807) is 36.7 Å². The number of amides is 1. The van der Waals surface area contributed by atoms with E-state index in [2.05, 4.69) is 27.2 Å². The number of anilines is 2. The number of aromatic nitrogens is 2. The molecular formula is C27H33F2N5O2. The quantitative estimate of drug-likeness (QED) is 0.495. The number of nitrogens with one attached hydrogen (secondary N) is 1. The first-order valence-electron chi connectivity index (χ1n) is 11.9. The molecule has 2 aromatic carbocycles. The van der Waals surface area contributed by atoms with Gasteiger partial charge in [-0.3, -0.25) is 9.78 Å². The first-order valence-corrected chi connectivity index (χ1v) is 11.9. The number of phenols is 1. The third kappa shape index (κ3) is 7.71. The second-order valence-corrected chi connectivity index (χ2v) is 9.01. The fourth-order valence-electron chi connectivity index (χ4n) is 3.42. The fraction of sp³-hybridized carbons (Fsp3) is 0.370. The van der Waals surface area contributed by atoms with E-state index in [-0.39, 0.29) is 18.1 Å². The maximum Gasteiger partial charge on any atom is 0.254 e. The number of aryl methyl sites for hydroxylation is 1. The van der Waals surface area contributed by atoms with Crippen molar-refractivity contribution in [3.05, 3.63) is 66.0 Å². The van der Waals surface area contributed by atoms with Crippen molar-refractivity contribution in [3.8, 4) is 17.0 Å². The lowest BCUT2D eigenvalue weighted by Crippen LogP contribution is -2.47. The maximum atomic E-state index is 12.9. The largest absolute Gasteiger partial charge is 0.508 e. The monoisotopic (exact) mass is 497 g/mol. The third-order valence-corrected chi connectivity index (χ3v) is 5.96. The van der Waals surface area contributed by atoms with Gasteiger partial charge in [-0.15, -0.1) is 0 Å². The summed E-state index contributed by atoms with van der Waals surface area (Å²) in [5.74, 6) is -1.61. The Labute approximate surface area is 210 Å². The highest BCUT2D eigenvalue weighted by molar-refractivity contribution is 5.95. The lowest BCUT2D eigenvalue weighted by molar-refractivity contribution is 0.0181. The molecule has 2 heterocycles. The van der Waals surface area contributed by atoms with Crippen LogP contribution in [0, 0.1) is 6.92 Å². The van der Waals surface area contributed by atoms with Crippen LogP contribution in [0.25, 0.3) is 11.3 Å². The van der Waals surface area contributed by atoms with E-state index in [4.69, 9.17) is 0 Å². The Bertz CT molecular complexity index is 1160. The maximum absolute atomic E-state index is 12.9. The van der Waals surface area contributed by atoms with E-state index in [1.807, 2.05) is 30.0 Å². The SMILES string of the molecule is CCC(C)(F)F.Cc1ccc(C(=O)N2CCN(C)CC2)cc1Nc1cncc(-c2ccc(O)cc2)n1. The van der Waals surface area contributed by atoms with E-state index < -0.39 is 5.92 Å². The molecule has 36 heavy (non-hydrogen) atoms. The molecule has 3 aromatic rings. The van der Waals surface area contributed by atoms with Crippen LogP contribution in [-0.2, 0) is 0 Å². The van der Waals surface area contributed by atoms with Gasteiger partial charge in [0.25, 0.3) is 5.91 Å². The summed E-state index contributed by atoms with van der Waals surface area (Å²) in [7, 11) is 2.07. The number of likely N-dealkylation sites (N-methyl/N-ethyl adjacent to an activating group) is 1. The molecule has 0 unspecified atom stereocenters. The van der Waals surface area contributed by atoms with Gasteiger partial charge in [0.15, 0.2) is 0 Å². The van der Waals surface area contributed by atoms with Crippen LogP contribution >= 0.6 is 0 Å². The Morgan fingerprint density at radius 3 is 2.33 bits per heavy atom. The third-order valence-electron chi connectivity index (χ3n) is 5.96. The summed E-state index contributed by atoms with van der Waals surface area (Å²) in [6.45, 7) is 7.62. The number of aromatic hydroxyl groups is 1. The lowest BCUT2D eigenvalue weighted by atomic mass is 10.1. The van der Waals surface area contributed by atoms with Gasteiger partial charge in [0.2, 0.25) is 5.92 Å². The minimum absolute atomic E-state index is 0.0510. The van der Waals surface area contributed by atoms with Gasteiger partial charge in [-0.1, -0.05) is 13.0 Å². The number of halogens is 2. The molecule has 192 valence electrons. The average Bonchev–Trinajstić information content (AvgIpc) is 2.86. The van der Waals surface area contributed by atoms with E-state index >= 15 is 0 Å². The molecule has 0 saturated carbocycles. The molecule has 7 nitrogen and oxygen atoms in total. The number of benzene rings is 2. The van der Waals surface area contributed by atoms with E-state index in [1.165, 1.54) is 6.92 Å². The van der Waals surface area contributed by atoms with Crippen molar-refractivity contribution in [2.75, 3.05) is 38.5 Å². The standard InChI is InChI=1S/C23H25N5O2.C4H8F2/c1-16-3-4-18(23(30)28-11-9-27(2)10-12-28)13-20(16)25-22-15-24-14-21(26-22)17-5-7-19(29)8-6-17;1-3-4(2,5)6/h3-8,13-15,29H,9-12H2,1-2H3,(H,25,26);3H2,1-2H3. The first-order chi connectivity index (χ1) is 17.1. The molecule has 0 bridgehead atoms. The summed E-state index contributed by atoms with van der Waals surface area (Å²) >= 11 is 0. The fourth-order valence-corrected chi connectivity index (χ4v) is 3.42. The normalized spacial score (nSPS) is 14.1. The molecule has 0 atom stereocenters. The number of nitrogens with zero attached hydrogens (tertiary/aromatic N) is 4. The number of hydrogen-bond donors (Lipinski definition) is 2. The number of carbonyl (C=O) groups excluding carboxylic acids is 1. The van der Waals surface area contributed by atoms with Crippen LogP contribution in [0.2, 0.25) is 0 Å². The molecule has 1 saturated heterocycles. The topological polar surface area (TPSA) is 81.6 Å². The van der Waals surface area contributed by atoms with Gasteiger partial charge in [0.05, 0.1) is 18.1 Å². The van der Waals surface area contributed by atoms with Gasteiger partial charge in [0.1, 0.15) is 11.6 Å². The van der Waals surface area contributed by atoms with Crippen LogP contribution in [0.3, 0.4) is 0 Å². The van der Waals surface area contributed by atoms with Crippen molar-refractivity contribution in [2.45, 2.75) is 33.1 Å². The van der Waals surface area contributed by atoms with Gasteiger partial charge >= 0.3 is 0 Å². The predicted molar refractivity (Wildman–Crippen MR) is 138 cm³/mol. The van der Waals surface area contributed by atoms with Gasteiger partial charge < -0.3 is 20.2 Å². The minimum Gasteiger partial charge on any atom is -0.508 e.